The van der Waals surface area contributed by atoms with Gasteiger partial charge in [-0.3, -0.25) is 4.98 Å². The molecule has 0 saturated carbocycles. The Morgan fingerprint density at radius 1 is 1.13 bits per heavy atom. The van der Waals surface area contributed by atoms with E-state index in [2.05, 4.69) is 35.9 Å². The molecular weight excluding hydrogens is 547 g/mol. The molecule has 0 aliphatic carbocycles. The zero-order valence-corrected chi connectivity index (χ0v) is 22.4. The number of carboxylic acid groups (broad SMARTS) is 1. The number of nitrogens with two attached hydrogens (primary N) is 1. The van der Waals surface area contributed by atoms with Gasteiger partial charge in [-0.15, -0.1) is 0 Å². The van der Waals surface area contributed by atoms with E-state index in [0.717, 1.165) is 0 Å². The van der Waals surface area contributed by atoms with E-state index < -0.39 is 5.97 Å². The van der Waals surface area contributed by atoms with E-state index in [0.29, 0.717) is 82.4 Å². The highest BCUT2D eigenvalue weighted by atomic mass is 35.5. The van der Waals surface area contributed by atoms with Crippen LogP contribution in [0.3, 0.4) is 0 Å². The largest absolute Gasteiger partial charge is 0.478 e. The molecule has 6 N–H and O–H groups in total. The topological polar surface area (TPSA) is 173 Å². The monoisotopic (exact) mass is 572 g/mol. The first kappa shape index (κ1) is 28.0. The average molecular weight is 573 g/mol. The van der Waals surface area contributed by atoms with Crippen LogP contribution in [-0.4, -0.2) is 57.3 Å². The number of benzene rings is 1. The summed E-state index contributed by atoms with van der Waals surface area (Å²) in [7, 11) is 0. The molecule has 12 nitrogen and oxygen atoms in total. The summed E-state index contributed by atoms with van der Waals surface area (Å²) in [5.74, 6) is 0.945. The number of nitrogens with one attached hydrogen (secondary N) is 3. The zero-order valence-electron chi connectivity index (χ0n) is 20.9. The van der Waals surface area contributed by atoms with Crippen molar-refractivity contribution in [2.45, 2.75) is 13.5 Å². The summed E-state index contributed by atoms with van der Waals surface area (Å²) in [5, 5.41) is 20.1. The Bertz CT molecular complexity index is 1450. The fraction of sp³-hybridized carbons (Fsp3) is 0.240. The molecule has 0 amide bonds. The summed E-state index contributed by atoms with van der Waals surface area (Å²) >= 11 is 12.4. The van der Waals surface area contributed by atoms with E-state index in [1.165, 1.54) is 12.4 Å². The van der Waals surface area contributed by atoms with Gasteiger partial charge >= 0.3 is 5.97 Å². The van der Waals surface area contributed by atoms with Crippen LogP contribution in [0.5, 0.6) is 0 Å². The first-order valence-corrected chi connectivity index (χ1v) is 12.6. The summed E-state index contributed by atoms with van der Waals surface area (Å²) < 4.78 is 11.4. The molecule has 14 heteroatoms. The lowest BCUT2D eigenvalue weighted by Gasteiger charge is -2.18. The number of halogens is 2. The first-order valence-electron chi connectivity index (χ1n) is 11.8. The highest BCUT2D eigenvalue weighted by Gasteiger charge is 2.18. The van der Waals surface area contributed by atoms with Gasteiger partial charge in [0.2, 0.25) is 5.89 Å². The predicted octanol–water partition coefficient (Wildman–Crippen LogP) is 4.58. The smallest absolute Gasteiger partial charge is 0.339 e. The van der Waals surface area contributed by atoms with Gasteiger partial charge in [0.15, 0.2) is 17.4 Å². The summed E-state index contributed by atoms with van der Waals surface area (Å²) in [4.78, 5) is 29.0. The van der Waals surface area contributed by atoms with Crippen molar-refractivity contribution in [3.8, 4) is 11.3 Å². The number of anilines is 4. The SMILES string of the molecule is Cc1nc(NCCOCCN)c(NCc2ncc(-c3cc(Cl)ccc3Cl)o2)c(Nc2ccncc2C(=O)O)n1. The van der Waals surface area contributed by atoms with Gasteiger partial charge in [0.25, 0.3) is 0 Å². The number of ether oxygens (including phenoxy) is 1. The molecule has 4 rings (SSSR count). The van der Waals surface area contributed by atoms with Crippen molar-refractivity contribution in [2.24, 2.45) is 5.73 Å². The summed E-state index contributed by atoms with van der Waals surface area (Å²) in [6.07, 6.45) is 4.30. The molecule has 0 atom stereocenters. The van der Waals surface area contributed by atoms with Crippen molar-refractivity contribution < 1.29 is 19.1 Å². The lowest BCUT2D eigenvalue weighted by molar-refractivity contribution is 0.0697. The second-order valence-electron chi connectivity index (χ2n) is 8.12. The van der Waals surface area contributed by atoms with Crippen LogP contribution in [0, 0.1) is 6.92 Å². The van der Waals surface area contributed by atoms with Gasteiger partial charge in [-0.1, -0.05) is 23.2 Å². The fourth-order valence-corrected chi connectivity index (χ4v) is 3.94. The van der Waals surface area contributed by atoms with Gasteiger partial charge in [-0.25, -0.2) is 19.7 Å². The molecule has 0 fully saturated rings. The molecule has 0 unspecified atom stereocenters. The number of carbonyl (C=O) groups is 1. The van der Waals surface area contributed by atoms with Crippen LogP contribution in [-0.2, 0) is 11.3 Å². The van der Waals surface area contributed by atoms with E-state index in [1.54, 1.807) is 37.4 Å². The first-order chi connectivity index (χ1) is 18.9. The van der Waals surface area contributed by atoms with Gasteiger partial charge in [0, 0.05) is 36.1 Å². The minimum atomic E-state index is -1.13. The second kappa shape index (κ2) is 13.2. The second-order valence-corrected chi connectivity index (χ2v) is 8.96. The lowest BCUT2D eigenvalue weighted by atomic mass is 10.2. The Hall–Kier alpha value is -3.97. The number of oxazole rings is 1. The van der Waals surface area contributed by atoms with Crippen molar-refractivity contribution in [3.05, 3.63) is 70.2 Å². The average Bonchev–Trinajstić information content (AvgIpc) is 3.38. The Kier molecular flexibility index (Phi) is 9.49. The minimum Gasteiger partial charge on any atom is -0.478 e. The standard InChI is InChI=1S/C25H26Cl2N8O4/c1-14-33-23(30-7-9-38-8-5-28)22(24(34-14)35-19-4-6-29-11-17(19)25(36)37)32-13-21-31-12-20(39-21)16-10-15(26)2-3-18(16)27/h2-4,6,10-12,32H,5,7-9,13,28H2,1H3,(H,36,37)(H2,29,30,33,34,35). The number of hydrogen-bond donors (Lipinski definition) is 5. The quantitative estimate of drug-likeness (QED) is 0.141. The third-order valence-electron chi connectivity index (χ3n) is 5.29. The van der Waals surface area contributed by atoms with Gasteiger partial charge in [0.05, 0.1) is 36.7 Å². The van der Waals surface area contributed by atoms with Crippen molar-refractivity contribution in [1.82, 2.24) is 19.9 Å². The molecule has 0 saturated heterocycles. The number of aromatic nitrogens is 4. The number of rotatable bonds is 13. The van der Waals surface area contributed by atoms with Gasteiger partial charge < -0.3 is 35.9 Å². The van der Waals surface area contributed by atoms with Crippen molar-refractivity contribution in [2.75, 3.05) is 42.3 Å². The molecule has 204 valence electrons. The van der Waals surface area contributed by atoms with E-state index in [1.807, 2.05) is 0 Å². The maximum absolute atomic E-state index is 11.7. The van der Waals surface area contributed by atoms with Crippen LogP contribution in [0.1, 0.15) is 22.1 Å². The lowest BCUT2D eigenvalue weighted by Crippen LogP contribution is -2.17. The van der Waals surface area contributed by atoms with E-state index >= 15 is 0 Å². The van der Waals surface area contributed by atoms with Crippen LogP contribution in [0.15, 0.2) is 47.3 Å². The number of carboxylic acids is 1. The predicted molar refractivity (Wildman–Crippen MR) is 149 cm³/mol. The number of nitrogens with zero attached hydrogens (tertiary/aromatic N) is 4. The van der Waals surface area contributed by atoms with Crippen LogP contribution < -0.4 is 21.7 Å². The van der Waals surface area contributed by atoms with Crippen molar-refractivity contribution in [3.63, 3.8) is 0 Å². The Labute approximate surface area is 233 Å². The fourth-order valence-electron chi connectivity index (χ4n) is 3.55. The Balaban J connectivity index is 1.62. The molecule has 0 bridgehead atoms. The van der Waals surface area contributed by atoms with Gasteiger partial charge in [-0.2, -0.15) is 0 Å². The minimum absolute atomic E-state index is 0.0137. The summed E-state index contributed by atoms with van der Waals surface area (Å²) in [5.41, 5.74) is 6.86. The van der Waals surface area contributed by atoms with Crippen molar-refractivity contribution in [1.29, 1.82) is 0 Å². The highest BCUT2D eigenvalue weighted by Crippen LogP contribution is 2.33. The number of aryl methyl sites for hydroxylation is 1. The third kappa shape index (κ3) is 7.33. The van der Waals surface area contributed by atoms with Crippen molar-refractivity contribution >= 4 is 52.2 Å². The number of aromatic carboxylic acids is 1. The van der Waals surface area contributed by atoms with Crippen LogP contribution in [0.2, 0.25) is 10.0 Å². The molecule has 4 aromatic rings. The van der Waals surface area contributed by atoms with E-state index in [9.17, 15) is 9.90 Å². The van der Waals surface area contributed by atoms with Gasteiger partial charge in [0.1, 0.15) is 17.1 Å². The Morgan fingerprint density at radius 3 is 2.74 bits per heavy atom. The molecule has 0 aliphatic heterocycles. The molecule has 0 aliphatic rings. The molecule has 3 heterocycles. The van der Waals surface area contributed by atoms with E-state index in [-0.39, 0.29) is 12.1 Å². The van der Waals surface area contributed by atoms with E-state index in [4.69, 9.17) is 38.1 Å². The van der Waals surface area contributed by atoms with Gasteiger partial charge in [-0.05, 0) is 31.2 Å². The number of pyridine rings is 1. The molecule has 39 heavy (non-hydrogen) atoms. The molecule has 1 aromatic carbocycles. The van der Waals surface area contributed by atoms with Crippen LogP contribution in [0.25, 0.3) is 11.3 Å². The summed E-state index contributed by atoms with van der Waals surface area (Å²) in [6.45, 7) is 3.58. The highest BCUT2D eigenvalue weighted by molar-refractivity contribution is 6.35. The molecule has 0 radical (unpaired) electrons. The van der Waals surface area contributed by atoms with Crippen LogP contribution in [0.4, 0.5) is 23.0 Å². The third-order valence-corrected chi connectivity index (χ3v) is 5.85. The maximum atomic E-state index is 11.7. The summed E-state index contributed by atoms with van der Waals surface area (Å²) in [6, 6.07) is 6.61. The maximum Gasteiger partial charge on any atom is 0.339 e. The number of hydrogen-bond acceptors (Lipinski definition) is 11. The molecule has 3 aromatic heterocycles. The zero-order chi connectivity index (χ0) is 27.8. The molecular formula is C25H26Cl2N8O4. The Morgan fingerprint density at radius 2 is 1.95 bits per heavy atom. The molecule has 0 spiro atoms. The van der Waals surface area contributed by atoms with Crippen LogP contribution >= 0.6 is 23.2 Å². The normalized spacial score (nSPS) is 10.9.